The molecule has 2 aromatic heterocycles. The number of aromatic amines is 2. The molecule has 5 aromatic rings. The molecule has 2 fully saturated rings. The number of aromatic nitrogens is 4. The van der Waals surface area contributed by atoms with Gasteiger partial charge in [0.2, 0.25) is 0 Å². The van der Waals surface area contributed by atoms with Crippen molar-refractivity contribution in [1.82, 2.24) is 30.6 Å². The molecule has 10 heteroatoms. The van der Waals surface area contributed by atoms with Crippen LogP contribution in [0, 0.1) is 0 Å². The zero-order chi connectivity index (χ0) is 26.1. The smallest absolute Gasteiger partial charge is 0.262 e. The fraction of sp³-hybridized carbons (Fsp3) is 0.286. The molecule has 0 bridgehead atoms. The van der Waals surface area contributed by atoms with E-state index in [2.05, 4.69) is 30.6 Å². The molecule has 3 aromatic carbocycles. The molecule has 6 nitrogen and oxygen atoms in total. The summed E-state index contributed by atoms with van der Waals surface area (Å²) in [5.41, 5.74) is 7.06. The van der Waals surface area contributed by atoms with Crippen LogP contribution in [-0.4, -0.2) is 44.9 Å². The van der Waals surface area contributed by atoms with Gasteiger partial charge in [-0.2, -0.15) is 0 Å². The van der Waals surface area contributed by atoms with Crippen LogP contribution in [0.25, 0.3) is 44.3 Å². The van der Waals surface area contributed by atoms with Crippen LogP contribution in [0.2, 0.25) is 0 Å². The van der Waals surface area contributed by atoms with Crippen LogP contribution >= 0.6 is 0 Å². The highest BCUT2D eigenvalue weighted by molar-refractivity contribution is 5.84. The lowest BCUT2D eigenvalue weighted by Crippen LogP contribution is -2.19. The maximum absolute atomic E-state index is 13.6. The van der Waals surface area contributed by atoms with E-state index >= 15 is 0 Å². The molecule has 0 spiro atoms. The van der Waals surface area contributed by atoms with Crippen molar-refractivity contribution in [2.45, 2.75) is 36.8 Å². The molecule has 2 unspecified atom stereocenters. The van der Waals surface area contributed by atoms with Gasteiger partial charge in [-0.1, -0.05) is 36.4 Å². The number of imidazole rings is 2. The van der Waals surface area contributed by atoms with Crippen molar-refractivity contribution < 1.29 is 17.6 Å². The Balaban J connectivity index is 1.12. The number of benzene rings is 3. The van der Waals surface area contributed by atoms with Crippen molar-refractivity contribution in [2.75, 3.05) is 13.1 Å². The van der Waals surface area contributed by atoms with Gasteiger partial charge in [-0.05, 0) is 46.5 Å². The molecule has 2 aliphatic heterocycles. The first kappa shape index (κ1) is 23.4. The van der Waals surface area contributed by atoms with E-state index in [1.54, 1.807) is 0 Å². The highest BCUT2D eigenvalue weighted by Crippen LogP contribution is 2.36. The quantitative estimate of drug-likeness (QED) is 0.216. The Hall–Kier alpha value is -3.76. The molecular weight excluding hydrogens is 496 g/mol. The largest absolute Gasteiger partial charge is 0.341 e. The molecular formula is C28H24F4N6. The van der Waals surface area contributed by atoms with Crippen LogP contribution in [0.15, 0.2) is 60.7 Å². The van der Waals surface area contributed by atoms with Gasteiger partial charge in [0.15, 0.2) is 0 Å². The van der Waals surface area contributed by atoms with E-state index in [-0.39, 0.29) is 25.9 Å². The maximum atomic E-state index is 13.6. The van der Waals surface area contributed by atoms with E-state index in [9.17, 15) is 17.6 Å². The number of hydrogen-bond donors (Lipinski definition) is 4. The van der Waals surface area contributed by atoms with E-state index in [1.807, 2.05) is 60.7 Å². The SMILES string of the molecule is FC1(F)CNC(c2nc3ccc(-c4ccc(-c5ccc6nc(C7CC(F)(F)CN7)[nH]c6c5)cc4)cc3[nH]2)C1. The predicted octanol–water partition coefficient (Wildman–Crippen LogP) is 6.11. The highest BCUT2D eigenvalue weighted by Gasteiger charge is 2.41. The molecule has 2 atom stereocenters. The molecule has 194 valence electrons. The van der Waals surface area contributed by atoms with Gasteiger partial charge in [-0.3, -0.25) is 0 Å². The third kappa shape index (κ3) is 4.23. The summed E-state index contributed by atoms with van der Waals surface area (Å²) in [6, 6.07) is 18.8. The number of halogens is 4. The fourth-order valence-corrected chi connectivity index (χ4v) is 5.42. The van der Waals surface area contributed by atoms with Gasteiger partial charge < -0.3 is 20.6 Å². The Morgan fingerprint density at radius 1 is 0.579 bits per heavy atom. The number of alkyl halides is 4. The number of hydrogen-bond acceptors (Lipinski definition) is 4. The van der Waals surface area contributed by atoms with Crippen LogP contribution in [0.5, 0.6) is 0 Å². The number of nitrogens with zero attached hydrogens (tertiary/aromatic N) is 2. The molecule has 0 amide bonds. The predicted molar refractivity (Wildman–Crippen MR) is 137 cm³/mol. The van der Waals surface area contributed by atoms with Crippen LogP contribution in [-0.2, 0) is 0 Å². The van der Waals surface area contributed by atoms with Crippen LogP contribution in [0.3, 0.4) is 0 Å². The third-order valence-electron chi connectivity index (χ3n) is 7.43. The van der Waals surface area contributed by atoms with Gasteiger partial charge in [0.25, 0.3) is 11.8 Å². The van der Waals surface area contributed by atoms with Crippen molar-refractivity contribution in [3.05, 3.63) is 72.3 Å². The van der Waals surface area contributed by atoms with E-state index in [0.29, 0.717) is 11.6 Å². The Morgan fingerprint density at radius 2 is 0.974 bits per heavy atom. The Morgan fingerprint density at radius 3 is 1.34 bits per heavy atom. The second-order valence-electron chi connectivity index (χ2n) is 10.3. The first-order valence-corrected chi connectivity index (χ1v) is 12.5. The standard InChI is InChI=1S/C28H24F4N6/c29-27(30)11-23(33-13-27)25-35-19-7-5-17(9-21(19)37-25)15-1-2-16(4-3-15)18-6-8-20-22(10-18)38-26(36-20)24-12-28(31,32)14-34-24/h1-10,23-24,33-34H,11-14H2,(H,35,37)(H,36,38). The summed E-state index contributed by atoms with van der Waals surface area (Å²) < 4.78 is 54.4. The van der Waals surface area contributed by atoms with Crippen molar-refractivity contribution in [3.63, 3.8) is 0 Å². The second-order valence-corrected chi connectivity index (χ2v) is 10.3. The summed E-state index contributed by atoms with van der Waals surface area (Å²) >= 11 is 0. The van der Waals surface area contributed by atoms with E-state index in [4.69, 9.17) is 0 Å². The monoisotopic (exact) mass is 520 g/mol. The number of nitrogens with one attached hydrogen (secondary N) is 4. The summed E-state index contributed by atoms with van der Waals surface area (Å²) in [6.07, 6.45) is -0.527. The summed E-state index contributed by atoms with van der Waals surface area (Å²) in [5, 5.41) is 5.68. The Labute approximate surface area is 214 Å². The lowest BCUT2D eigenvalue weighted by atomic mass is 10.00. The molecule has 0 radical (unpaired) electrons. The topological polar surface area (TPSA) is 81.4 Å². The maximum Gasteiger partial charge on any atom is 0.262 e. The zero-order valence-electron chi connectivity index (χ0n) is 20.2. The second kappa shape index (κ2) is 8.37. The molecule has 38 heavy (non-hydrogen) atoms. The van der Waals surface area contributed by atoms with Crippen molar-refractivity contribution in [2.24, 2.45) is 0 Å². The minimum atomic E-state index is -2.72. The molecule has 2 aliphatic rings. The first-order chi connectivity index (χ1) is 18.2. The summed E-state index contributed by atoms with van der Waals surface area (Å²) in [4.78, 5) is 15.4. The minimum absolute atomic E-state index is 0.264. The van der Waals surface area contributed by atoms with Crippen LogP contribution in [0.1, 0.15) is 36.6 Å². The van der Waals surface area contributed by atoms with Crippen molar-refractivity contribution >= 4 is 22.1 Å². The van der Waals surface area contributed by atoms with E-state index in [1.165, 1.54) is 0 Å². The fourth-order valence-electron chi connectivity index (χ4n) is 5.42. The molecule has 4 heterocycles. The van der Waals surface area contributed by atoms with Gasteiger partial charge in [0.1, 0.15) is 11.6 Å². The van der Waals surface area contributed by atoms with E-state index < -0.39 is 23.9 Å². The Kier molecular flexibility index (Phi) is 5.15. The molecule has 0 aliphatic carbocycles. The van der Waals surface area contributed by atoms with Gasteiger partial charge in [-0.15, -0.1) is 0 Å². The lowest BCUT2D eigenvalue weighted by molar-refractivity contribution is 0.0201. The number of H-pyrrole nitrogens is 2. The zero-order valence-corrected chi connectivity index (χ0v) is 20.2. The van der Waals surface area contributed by atoms with Gasteiger partial charge >= 0.3 is 0 Å². The number of rotatable bonds is 4. The molecule has 2 saturated heterocycles. The molecule has 4 N–H and O–H groups in total. The van der Waals surface area contributed by atoms with E-state index in [0.717, 1.165) is 44.3 Å². The molecule has 0 saturated carbocycles. The summed E-state index contributed by atoms with van der Waals surface area (Å²) in [7, 11) is 0. The summed E-state index contributed by atoms with van der Waals surface area (Å²) in [6.45, 7) is -0.672. The highest BCUT2D eigenvalue weighted by atomic mass is 19.3. The van der Waals surface area contributed by atoms with Crippen LogP contribution in [0.4, 0.5) is 17.6 Å². The van der Waals surface area contributed by atoms with Crippen molar-refractivity contribution in [3.8, 4) is 22.3 Å². The van der Waals surface area contributed by atoms with Crippen LogP contribution < -0.4 is 10.6 Å². The molecule has 7 rings (SSSR count). The number of fused-ring (bicyclic) bond motifs is 2. The Bertz CT molecular complexity index is 1530. The van der Waals surface area contributed by atoms with Gasteiger partial charge in [0.05, 0.1) is 47.2 Å². The third-order valence-corrected chi connectivity index (χ3v) is 7.43. The van der Waals surface area contributed by atoms with Gasteiger partial charge in [-0.25, -0.2) is 27.5 Å². The van der Waals surface area contributed by atoms with Crippen molar-refractivity contribution in [1.29, 1.82) is 0 Å². The summed E-state index contributed by atoms with van der Waals surface area (Å²) in [5.74, 6) is -4.38. The minimum Gasteiger partial charge on any atom is -0.341 e. The lowest BCUT2D eigenvalue weighted by Gasteiger charge is -2.06. The van der Waals surface area contributed by atoms with Gasteiger partial charge in [0, 0.05) is 12.8 Å². The average molecular weight is 521 g/mol. The first-order valence-electron chi connectivity index (χ1n) is 12.5. The average Bonchev–Trinajstić information content (AvgIpc) is 3.67. The normalized spacial score (nSPS) is 22.5.